The zero-order valence-electron chi connectivity index (χ0n) is 33.1. The predicted molar refractivity (Wildman–Crippen MR) is 247 cm³/mol. The Labute approximate surface area is 347 Å². The van der Waals surface area contributed by atoms with Crippen molar-refractivity contribution in [1.29, 1.82) is 0 Å². The first-order chi connectivity index (χ1) is 29.5. The van der Waals surface area contributed by atoms with Crippen LogP contribution in [0.25, 0.3) is 111 Å². The van der Waals surface area contributed by atoms with Crippen molar-refractivity contribution < 1.29 is 4.42 Å². The topological polar surface area (TPSA) is 51.8 Å². The molecule has 12 rings (SSSR count). The van der Waals surface area contributed by atoms with Crippen LogP contribution in [-0.2, 0) is 5.41 Å². The molecule has 0 atom stereocenters. The molecule has 0 amide bonds. The minimum atomic E-state index is -0.252. The smallest absolute Gasteiger partial charge is 0.164 e. The summed E-state index contributed by atoms with van der Waals surface area (Å²) in [7, 11) is 0. The number of aromatic nitrogens is 3. The molecule has 4 nitrogen and oxygen atoms in total. The van der Waals surface area contributed by atoms with Crippen molar-refractivity contribution in [2.24, 2.45) is 0 Å². The summed E-state index contributed by atoms with van der Waals surface area (Å²) < 4.78 is 6.66. The van der Waals surface area contributed by atoms with Crippen molar-refractivity contribution in [3.05, 3.63) is 199 Å². The largest absolute Gasteiger partial charge is 0.456 e. The van der Waals surface area contributed by atoms with Crippen LogP contribution in [-0.4, -0.2) is 15.0 Å². The monoisotopic (exact) mass is 767 g/mol. The summed E-state index contributed by atoms with van der Waals surface area (Å²) in [5.41, 5.74) is 13.9. The maximum atomic E-state index is 6.66. The molecule has 4 heteroatoms. The van der Waals surface area contributed by atoms with Crippen molar-refractivity contribution in [2.45, 2.75) is 19.3 Å². The fourth-order valence-corrected chi connectivity index (χ4v) is 9.70. The van der Waals surface area contributed by atoms with Gasteiger partial charge in [0.25, 0.3) is 0 Å². The van der Waals surface area contributed by atoms with Gasteiger partial charge in [-0.25, -0.2) is 15.0 Å². The third-order valence-electron chi connectivity index (χ3n) is 12.5. The first kappa shape index (κ1) is 34.4. The van der Waals surface area contributed by atoms with Gasteiger partial charge < -0.3 is 4.42 Å². The van der Waals surface area contributed by atoms with Gasteiger partial charge in [-0.1, -0.05) is 178 Å². The van der Waals surface area contributed by atoms with Crippen molar-refractivity contribution in [2.75, 3.05) is 0 Å². The maximum absolute atomic E-state index is 6.66. The highest BCUT2D eigenvalue weighted by Gasteiger charge is 2.38. The first-order valence-electron chi connectivity index (χ1n) is 20.5. The van der Waals surface area contributed by atoms with Crippen molar-refractivity contribution in [1.82, 2.24) is 15.0 Å². The van der Waals surface area contributed by atoms with Crippen LogP contribution in [0.15, 0.2) is 192 Å². The van der Waals surface area contributed by atoms with Gasteiger partial charge in [0, 0.05) is 32.9 Å². The van der Waals surface area contributed by atoms with E-state index < -0.39 is 0 Å². The zero-order chi connectivity index (χ0) is 40.0. The van der Waals surface area contributed by atoms with E-state index in [0.717, 1.165) is 60.5 Å². The molecule has 0 bridgehead atoms. The third kappa shape index (κ3) is 5.27. The third-order valence-corrected chi connectivity index (χ3v) is 12.5. The highest BCUT2D eigenvalue weighted by molar-refractivity contribution is 6.14. The van der Waals surface area contributed by atoms with Crippen molar-refractivity contribution in [3.8, 4) is 67.5 Å². The Morgan fingerprint density at radius 2 is 0.967 bits per heavy atom. The van der Waals surface area contributed by atoms with Crippen LogP contribution in [0.2, 0.25) is 0 Å². The van der Waals surface area contributed by atoms with Gasteiger partial charge >= 0.3 is 0 Å². The molecule has 0 radical (unpaired) electrons. The molecule has 0 aliphatic heterocycles. The minimum Gasteiger partial charge on any atom is -0.456 e. The fraction of sp³-hybridized carbons (Fsp3) is 0.0536. The Morgan fingerprint density at radius 1 is 0.367 bits per heavy atom. The zero-order valence-corrected chi connectivity index (χ0v) is 33.1. The van der Waals surface area contributed by atoms with Crippen molar-refractivity contribution >= 4 is 43.5 Å². The Balaban J connectivity index is 1.05. The van der Waals surface area contributed by atoms with Gasteiger partial charge in [0.15, 0.2) is 17.5 Å². The highest BCUT2D eigenvalue weighted by Crippen LogP contribution is 2.52. The Hall–Kier alpha value is -7.69. The van der Waals surface area contributed by atoms with Gasteiger partial charge in [-0.05, 0) is 90.3 Å². The second-order valence-corrected chi connectivity index (χ2v) is 16.3. The Kier molecular flexibility index (Phi) is 7.54. The summed E-state index contributed by atoms with van der Waals surface area (Å²) in [4.78, 5) is 16.0. The average Bonchev–Trinajstić information content (AvgIpc) is 3.80. The molecule has 0 N–H and O–H groups in total. The summed E-state index contributed by atoms with van der Waals surface area (Å²) in [5.74, 6) is 1.88. The van der Waals surface area contributed by atoms with Crippen LogP contribution in [0.5, 0.6) is 0 Å². The van der Waals surface area contributed by atoms with Gasteiger partial charge in [0.05, 0.1) is 0 Å². The molecule has 0 saturated carbocycles. The maximum Gasteiger partial charge on any atom is 0.164 e. The first-order valence-corrected chi connectivity index (χ1v) is 20.5. The van der Waals surface area contributed by atoms with Crippen LogP contribution in [0.4, 0.5) is 0 Å². The lowest BCUT2D eigenvalue weighted by atomic mass is 9.80. The summed E-state index contributed by atoms with van der Waals surface area (Å²) in [6, 6.07) is 66.6. The van der Waals surface area contributed by atoms with Crippen molar-refractivity contribution in [3.63, 3.8) is 0 Å². The van der Waals surface area contributed by atoms with E-state index in [1.807, 2.05) is 6.07 Å². The average molecular weight is 768 g/mol. The summed E-state index contributed by atoms with van der Waals surface area (Å²) >= 11 is 0. The van der Waals surface area contributed by atoms with E-state index >= 15 is 0 Å². The summed E-state index contributed by atoms with van der Waals surface area (Å²) in [6.07, 6.45) is 0. The molecular formula is C56H37N3O. The van der Waals surface area contributed by atoms with E-state index in [1.165, 1.54) is 44.2 Å². The van der Waals surface area contributed by atoms with Gasteiger partial charge in [-0.3, -0.25) is 0 Å². The van der Waals surface area contributed by atoms with E-state index in [9.17, 15) is 0 Å². The van der Waals surface area contributed by atoms with Gasteiger partial charge in [0.2, 0.25) is 0 Å². The summed E-state index contributed by atoms with van der Waals surface area (Å²) in [5, 5.41) is 6.75. The number of hydrogen-bond acceptors (Lipinski definition) is 4. The number of benzene rings is 9. The highest BCUT2D eigenvalue weighted by atomic mass is 16.3. The molecule has 11 aromatic rings. The number of nitrogens with zero attached hydrogens (tertiary/aromatic N) is 3. The molecule has 0 unspecified atom stereocenters. The second kappa shape index (κ2) is 13.2. The quantitative estimate of drug-likeness (QED) is 0.164. The van der Waals surface area contributed by atoms with Crippen LogP contribution >= 0.6 is 0 Å². The molecule has 282 valence electrons. The number of hydrogen-bond donors (Lipinski definition) is 0. The van der Waals surface area contributed by atoms with Gasteiger partial charge in [-0.2, -0.15) is 0 Å². The number of furan rings is 1. The van der Waals surface area contributed by atoms with E-state index in [4.69, 9.17) is 19.4 Å². The Bertz CT molecular complexity index is 3510. The van der Waals surface area contributed by atoms with E-state index in [2.05, 4.69) is 196 Å². The minimum absolute atomic E-state index is 0.252. The van der Waals surface area contributed by atoms with Crippen LogP contribution in [0, 0.1) is 0 Å². The molecule has 0 saturated heterocycles. The van der Waals surface area contributed by atoms with Gasteiger partial charge in [0.1, 0.15) is 11.2 Å². The predicted octanol–water partition coefficient (Wildman–Crippen LogP) is 14.7. The van der Waals surface area contributed by atoms with Crippen LogP contribution < -0.4 is 0 Å². The molecular weight excluding hydrogens is 731 g/mol. The molecule has 60 heavy (non-hydrogen) atoms. The second-order valence-electron chi connectivity index (χ2n) is 16.3. The lowest BCUT2D eigenvalue weighted by Gasteiger charge is -2.24. The molecule has 0 spiro atoms. The van der Waals surface area contributed by atoms with E-state index in [0.29, 0.717) is 17.5 Å². The Morgan fingerprint density at radius 3 is 1.82 bits per heavy atom. The number of rotatable bonds is 5. The molecule has 1 aliphatic carbocycles. The fourth-order valence-electron chi connectivity index (χ4n) is 9.70. The molecule has 9 aromatic carbocycles. The standard InChI is InChI=1S/C56H37N3O/c1-56(2)48-24-11-10-20-43(48)44-22-12-23-46(52(44)56)54-57-53(58-55(59-54)47-32-37-16-6-7-17-39(37)41-18-8-9-19-42(41)47)38-30-31-45-50(33-38)60-49-25-13-21-40(51(45)49)36-28-26-35(27-29-36)34-14-4-3-5-15-34/h3-33H,1-2H3. The molecule has 1 aliphatic rings. The van der Waals surface area contributed by atoms with E-state index in [1.54, 1.807) is 0 Å². The molecule has 2 aromatic heterocycles. The van der Waals surface area contributed by atoms with Gasteiger partial charge in [-0.15, -0.1) is 0 Å². The molecule has 0 fully saturated rings. The van der Waals surface area contributed by atoms with E-state index in [-0.39, 0.29) is 5.41 Å². The SMILES string of the molecule is CC1(C)c2ccccc2-c2cccc(-c3nc(-c4ccc5c(c4)oc4cccc(-c6ccc(-c7ccccc7)cc6)c45)nc(-c4cc5ccccc5c5ccccc45)n3)c21. The van der Waals surface area contributed by atoms with Crippen LogP contribution in [0.1, 0.15) is 25.0 Å². The summed E-state index contributed by atoms with van der Waals surface area (Å²) in [6.45, 7) is 4.62. The molecule has 2 heterocycles. The normalized spacial score (nSPS) is 13.0. The number of fused-ring (bicyclic) bond motifs is 9. The lowest BCUT2D eigenvalue weighted by Crippen LogP contribution is -2.17. The van der Waals surface area contributed by atoms with Crippen LogP contribution in [0.3, 0.4) is 0 Å². The lowest BCUT2D eigenvalue weighted by molar-refractivity contribution is 0.661.